The lowest BCUT2D eigenvalue weighted by Crippen LogP contribution is -2.26. The Morgan fingerprint density at radius 1 is 1.33 bits per heavy atom. The number of nitrogens with one attached hydrogen (secondary N) is 1. The molecule has 2 heterocycles. The zero-order chi connectivity index (χ0) is 15.2. The molecule has 1 aliphatic heterocycles. The molecule has 0 bridgehead atoms. The summed E-state index contributed by atoms with van der Waals surface area (Å²) < 4.78 is 8.02. The SMILES string of the molecule is CCCNC(CC)c1c(C)nn(CC2CCCCO2)c1C. The lowest BCUT2D eigenvalue weighted by atomic mass is 10.0. The second-order valence-corrected chi connectivity index (χ2v) is 6.17. The van der Waals surface area contributed by atoms with E-state index in [1.54, 1.807) is 0 Å². The third-order valence-corrected chi connectivity index (χ3v) is 4.49. The van der Waals surface area contributed by atoms with Crippen molar-refractivity contribution in [3.05, 3.63) is 17.0 Å². The fourth-order valence-corrected chi connectivity index (χ4v) is 3.31. The molecule has 1 aromatic rings. The maximum atomic E-state index is 5.86. The van der Waals surface area contributed by atoms with Crippen LogP contribution >= 0.6 is 0 Å². The molecule has 1 N–H and O–H groups in total. The minimum atomic E-state index is 0.341. The Kier molecular flexibility index (Phi) is 6.24. The Hall–Kier alpha value is -0.870. The maximum absolute atomic E-state index is 5.86. The Balaban J connectivity index is 2.11. The summed E-state index contributed by atoms with van der Waals surface area (Å²) in [7, 11) is 0. The molecule has 0 spiro atoms. The van der Waals surface area contributed by atoms with Crippen molar-refractivity contribution >= 4 is 0 Å². The molecule has 2 rings (SSSR count). The van der Waals surface area contributed by atoms with Gasteiger partial charge in [0.15, 0.2) is 0 Å². The lowest BCUT2D eigenvalue weighted by Gasteiger charge is -2.23. The average molecular weight is 293 g/mol. The van der Waals surface area contributed by atoms with Gasteiger partial charge in [0.2, 0.25) is 0 Å². The molecule has 120 valence electrons. The summed E-state index contributed by atoms with van der Waals surface area (Å²) in [6.45, 7) is 11.7. The number of hydrogen-bond acceptors (Lipinski definition) is 3. The van der Waals surface area contributed by atoms with E-state index in [1.807, 2.05) is 0 Å². The van der Waals surface area contributed by atoms with E-state index in [9.17, 15) is 0 Å². The molecule has 4 heteroatoms. The van der Waals surface area contributed by atoms with E-state index in [-0.39, 0.29) is 0 Å². The van der Waals surface area contributed by atoms with Gasteiger partial charge in [0.25, 0.3) is 0 Å². The van der Waals surface area contributed by atoms with Gasteiger partial charge in [-0.2, -0.15) is 5.10 Å². The van der Waals surface area contributed by atoms with Gasteiger partial charge in [-0.05, 0) is 52.5 Å². The highest BCUT2D eigenvalue weighted by Crippen LogP contribution is 2.25. The predicted octanol–water partition coefficient (Wildman–Crippen LogP) is 3.52. The van der Waals surface area contributed by atoms with E-state index < -0.39 is 0 Å². The van der Waals surface area contributed by atoms with Gasteiger partial charge in [0.05, 0.1) is 18.3 Å². The summed E-state index contributed by atoms with van der Waals surface area (Å²) in [4.78, 5) is 0. The van der Waals surface area contributed by atoms with E-state index in [4.69, 9.17) is 9.84 Å². The van der Waals surface area contributed by atoms with Gasteiger partial charge < -0.3 is 10.1 Å². The van der Waals surface area contributed by atoms with Crippen molar-refractivity contribution in [3.63, 3.8) is 0 Å². The highest BCUT2D eigenvalue weighted by Gasteiger charge is 2.22. The molecule has 1 aromatic heterocycles. The highest BCUT2D eigenvalue weighted by atomic mass is 16.5. The molecule has 1 saturated heterocycles. The number of hydrogen-bond donors (Lipinski definition) is 1. The van der Waals surface area contributed by atoms with Crippen LogP contribution < -0.4 is 5.32 Å². The summed E-state index contributed by atoms with van der Waals surface area (Å²) in [6, 6.07) is 0.422. The first kappa shape index (κ1) is 16.5. The Morgan fingerprint density at radius 3 is 2.76 bits per heavy atom. The van der Waals surface area contributed by atoms with Crippen LogP contribution in [0.1, 0.15) is 68.9 Å². The summed E-state index contributed by atoms with van der Waals surface area (Å²) in [5.41, 5.74) is 3.86. The smallest absolute Gasteiger partial charge is 0.0771 e. The largest absolute Gasteiger partial charge is 0.376 e. The molecule has 4 nitrogen and oxygen atoms in total. The van der Waals surface area contributed by atoms with Crippen LogP contribution in [0.15, 0.2) is 0 Å². The van der Waals surface area contributed by atoms with Crippen molar-refractivity contribution < 1.29 is 4.74 Å². The van der Waals surface area contributed by atoms with E-state index in [0.29, 0.717) is 12.1 Å². The summed E-state index contributed by atoms with van der Waals surface area (Å²) >= 11 is 0. The first-order valence-corrected chi connectivity index (χ1v) is 8.56. The third-order valence-electron chi connectivity index (χ3n) is 4.49. The number of rotatable bonds is 7. The normalized spacial score (nSPS) is 20.7. The van der Waals surface area contributed by atoms with Crippen molar-refractivity contribution in [2.24, 2.45) is 0 Å². The Morgan fingerprint density at radius 2 is 2.14 bits per heavy atom. The second kappa shape index (κ2) is 7.95. The Labute approximate surface area is 129 Å². The predicted molar refractivity (Wildman–Crippen MR) is 86.6 cm³/mol. The molecule has 1 fully saturated rings. The lowest BCUT2D eigenvalue weighted by molar-refractivity contribution is 0.00359. The number of aryl methyl sites for hydroxylation is 1. The van der Waals surface area contributed by atoms with Gasteiger partial charge in [-0.25, -0.2) is 0 Å². The van der Waals surface area contributed by atoms with Crippen LogP contribution in [0, 0.1) is 13.8 Å². The molecule has 0 aliphatic carbocycles. The highest BCUT2D eigenvalue weighted by molar-refractivity contribution is 5.28. The molecule has 0 aromatic carbocycles. The first-order valence-electron chi connectivity index (χ1n) is 8.56. The number of aromatic nitrogens is 2. The fourth-order valence-electron chi connectivity index (χ4n) is 3.31. The van der Waals surface area contributed by atoms with Crippen molar-refractivity contribution in [1.29, 1.82) is 0 Å². The van der Waals surface area contributed by atoms with Gasteiger partial charge in [-0.3, -0.25) is 4.68 Å². The van der Waals surface area contributed by atoms with Gasteiger partial charge in [-0.15, -0.1) is 0 Å². The zero-order valence-electron chi connectivity index (χ0n) is 14.1. The van der Waals surface area contributed by atoms with Crippen molar-refractivity contribution in [2.75, 3.05) is 13.2 Å². The molecular weight excluding hydrogens is 262 g/mol. The fraction of sp³-hybridized carbons (Fsp3) is 0.824. The average Bonchev–Trinajstić information content (AvgIpc) is 2.77. The van der Waals surface area contributed by atoms with Gasteiger partial charge in [0, 0.05) is 23.9 Å². The summed E-state index contributed by atoms with van der Waals surface area (Å²) in [5.74, 6) is 0. The molecule has 2 unspecified atom stereocenters. The standard InChI is InChI=1S/C17H31N3O/c1-5-10-18-16(6-2)17-13(3)19-20(14(17)4)12-15-9-7-8-11-21-15/h15-16,18H,5-12H2,1-4H3. The minimum Gasteiger partial charge on any atom is -0.376 e. The topological polar surface area (TPSA) is 39.1 Å². The van der Waals surface area contributed by atoms with E-state index >= 15 is 0 Å². The van der Waals surface area contributed by atoms with E-state index in [1.165, 1.54) is 42.6 Å². The minimum absolute atomic E-state index is 0.341. The van der Waals surface area contributed by atoms with Crippen LogP contribution in [0.2, 0.25) is 0 Å². The zero-order valence-corrected chi connectivity index (χ0v) is 14.1. The van der Waals surface area contributed by atoms with Crippen molar-refractivity contribution in [2.45, 2.75) is 78.5 Å². The molecular formula is C17H31N3O. The van der Waals surface area contributed by atoms with Gasteiger partial charge in [-0.1, -0.05) is 13.8 Å². The quantitative estimate of drug-likeness (QED) is 0.836. The van der Waals surface area contributed by atoms with Crippen molar-refractivity contribution in [3.8, 4) is 0 Å². The first-order chi connectivity index (χ1) is 10.2. The maximum Gasteiger partial charge on any atom is 0.0771 e. The summed E-state index contributed by atoms with van der Waals surface area (Å²) in [6.07, 6.45) is 6.27. The van der Waals surface area contributed by atoms with Crippen molar-refractivity contribution in [1.82, 2.24) is 15.1 Å². The van der Waals surface area contributed by atoms with E-state index in [0.717, 1.165) is 26.1 Å². The van der Waals surface area contributed by atoms with Crippen LogP contribution in [0.5, 0.6) is 0 Å². The van der Waals surface area contributed by atoms with Crippen LogP contribution in [0.4, 0.5) is 0 Å². The van der Waals surface area contributed by atoms with E-state index in [2.05, 4.69) is 37.7 Å². The summed E-state index contributed by atoms with van der Waals surface area (Å²) in [5, 5.41) is 8.43. The van der Waals surface area contributed by atoms with Gasteiger partial charge in [0.1, 0.15) is 0 Å². The van der Waals surface area contributed by atoms with Crippen LogP contribution in [-0.4, -0.2) is 29.0 Å². The molecule has 0 amide bonds. The van der Waals surface area contributed by atoms with Crippen LogP contribution in [0.3, 0.4) is 0 Å². The molecule has 2 atom stereocenters. The molecule has 0 saturated carbocycles. The molecule has 0 radical (unpaired) electrons. The van der Waals surface area contributed by atoms with Gasteiger partial charge >= 0.3 is 0 Å². The van der Waals surface area contributed by atoms with Crippen LogP contribution in [0.25, 0.3) is 0 Å². The number of nitrogens with zero attached hydrogens (tertiary/aromatic N) is 2. The van der Waals surface area contributed by atoms with Crippen LogP contribution in [-0.2, 0) is 11.3 Å². The molecule has 1 aliphatic rings. The Bertz CT molecular complexity index is 435. The monoisotopic (exact) mass is 293 g/mol. The molecule has 21 heavy (non-hydrogen) atoms. The second-order valence-electron chi connectivity index (χ2n) is 6.17. The number of ether oxygens (including phenoxy) is 1. The third kappa shape index (κ3) is 4.07.